The van der Waals surface area contributed by atoms with Gasteiger partial charge in [0.2, 0.25) is 0 Å². The third kappa shape index (κ3) is 8.86. The standard InChI is InChI=1S/Cs.F2S/c;1-3-2. The molecule has 4 heteroatoms. The first-order chi connectivity index (χ1) is 1.41. The minimum absolute atomic E-state index is 0. The quantitative estimate of drug-likeness (QED) is 0.568. The first-order valence-corrected chi connectivity index (χ1v) is 0.926. The van der Waals surface area contributed by atoms with Gasteiger partial charge in [-0.25, -0.2) is 0 Å². The summed E-state index contributed by atoms with van der Waals surface area (Å²) in [5.74, 6) is 0. The van der Waals surface area contributed by atoms with Crippen molar-refractivity contribution in [3.63, 3.8) is 0 Å². The molecule has 0 aliphatic heterocycles. The zero-order valence-electron chi connectivity index (χ0n) is 2.16. The molecule has 0 atom stereocenters. The SMILES string of the molecule is FSF.[Cs]. The van der Waals surface area contributed by atoms with Crippen molar-refractivity contribution in [3.8, 4) is 0 Å². The number of hydrogen-bond donors (Lipinski definition) is 0. The van der Waals surface area contributed by atoms with Gasteiger partial charge in [0.25, 0.3) is 12.5 Å². The molecule has 0 heterocycles. The van der Waals surface area contributed by atoms with E-state index in [4.69, 9.17) is 0 Å². The van der Waals surface area contributed by atoms with E-state index >= 15 is 0 Å². The van der Waals surface area contributed by atoms with Gasteiger partial charge in [-0.1, -0.05) is 0 Å². The van der Waals surface area contributed by atoms with Crippen molar-refractivity contribution in [1.29, 1.82) is 0 Å². The van der Waals surface area contributed by atoms with Crippen molar-refractivity contribution in [2.45, 2.75) is 0 Å². The first-order valence-electron chi connectivity index (χ1n) is 0.309. The predicted octanol–water partition coefficient (Wildman–Crippen LogP) is 1.11. The van der Waals surface area contributed by atoms with Gasteiger partial charge in [-0.2, -0.15) is 0 Å². The number of hydrogen-bond acceptors (Lipinski definition) is 1. The van der Waals surface area contributed by atoms with Crippen LogP contribution < -0.4 is 0 Å². The molecule has 0 aromatic heterocycles. The molecule has 0 saturated heterocycles. The van der Waals surface area contributed by atoms with Crippen molar-refractivity contribution >= 4 is 81.4 Å². The second-order valence-corrected chi connectivity index (χ2v) is 0.175. The summed E-state index contributed by atoms with van der Waals surface area (Å²) in [5, 5.41) is 0. The summed E-state index contributed by atoms with van der Waals surface area (Å²) >= 11 is -1.25. The van der Waals surface area contributed by atoms with Crippen LogP contribution in [-0.2, 0) is 0 Å². The second-order valence-electron chi connectivity index (χ2n) is 0.0583. The number of rotatable bonds is 0. The molecule has 0 aliphatic carbocycles. The van der Waals surface area contributed by atoms with Gasteiger partial charge in [-0.15, -0.1) is 7.77 Å². The fraction of sp³-hybridized carbons (Fsp3) is 0. The molecule has 0 nitrogen and oxygen atoms in total. The topological polar surface area (TPSA) is 0 Å². The first kappa shape index (κ1) is 9.55. The Bertz CT molecular complexity index is 6.00. The van der Waals surface area contributed by atoms with E-state index in [1.54, 1.807) is 0 Å². The van der Waals surface area contributed by atoms with Crippen LogP contribution >= 0.6 is 12.5 Å². The van der Waals surface area contributed by atoms with E-state index in [0.29, 0.717) is 0 Å². The van der Waals surface area contributed by atoms with E-state index in [0.717, 1.165) is 0 Å². The Morgan fingerprint density at radius 1 is 1.25 bits per heavy atom. The van der Waals surface area contributed by atoms with Gasteiger partial charge in [-0.05, 0) is 0 Å². The van der Waals surface area contributed by atoms with Gasteiger partial charge in [0.05, 0.1) is 0 Å². The van der Waals surface area contributed by atoms with E-state index in [9.17, 15) is 7.77 Å². The van der Waals surface area contributed by atoms with Gasteiger partial charge in [-0.3, -0.25) is 0 Å². The predicted molar refractivity (Wildman–Crippen MR) is 15.6 cm³/mol. The molecular formula is CsF2S. The molecule has 0 aromatic rings. The van der Waals surface area contributed by atoms with E-state index in [1.807, 2.05) is 0 Å². The molecule has 0 spiro atoms. The Kier molecular flexibility index (Phi) is 21.4. The third-order valence-corrected chi connectivity index (χ3v) is 0. The summed E-state index contributed by atoms with van der Waals surface area (Å²) in [6.07, 6.45) is 0. The van der Waals surface area contributed by atoms with Crippen molar-refractivity contribution in [2.75, 3.05) is 0 Å². The van der Waals surface area contributed by atoms with Crippen molar-refractivity contribution in [1.82, 2.24) is 0 Å². The van der Waals surface area contributed by atoms with Crippen LogP contribution in [-0.4, -0.2) is 68.9 Å². The average molecular weight is 203 g/mol. The van der Waals surface area contributed by atoms with E-state index < -0.39 is 12.5 Å². The summed E-state index contributed by atoms with van der Waals surface area (Å²) in [7, 11) is 0. The minimum atomic E-state index is -1.25. The molecular weight excluding hydrogens is 203 g/mol. The maximum atomic E-state index is 9.54. The van der Waals surface area contributed by atoms with Crippen LogP contribution in [0.15, 0.2) is 0 Å². The van der Waals surface area contributed by atoms with E-state index in [2.05, 4.69) is 0 Å². The average Bonchev–Trinajstić information content (AvgIpc) is 0.918. The molecule has 4 heavy (non-hydrogen) atoms. The zero-order valence-corrected chi connectivity index (χ0v) is 9.26. The molecule has 0 aliphatic rings. The van der Waals surface area contributed by atoms with Crippen LogP contribution in [0.1, 0.15) is 0 Å². The molecule has 21 valence electrons. The third-order valence-electron chi connectivity index (χ3n) is 0. The molecule has 0 saturated carbocycles. The minimum Gasteiger partial charge on any atom is -0.127 e. The summed E-state index contributed by atoms with van der Waals surface area (Å²) in [6.45, 7) is 0. The van der Waals surface area contributed by atoms with E-state index in [1.165, 1.54) is 0 Å². The molecule has 0 aromatic carbocycles. The van der Waals surface area contributed by atoms with Crippen LogP contribution in [0.2, 0.25) is 0 Å². The van der Waals surface area contributed by atoms with Gasteiger partial charge >= 0.3 is 0 Å². The van der Waals surface area contributed by atoms with Gasteiger partial charge in [0.1, 0.15) is 0 Å². The summed E-state index contributed by atoms with van der Waals surface area (Å²) in [5.41, 5.74) is 0. The van der Waals surface area contributed by atoms with Crippen LogP contribution in [0, 0.1) is 0 Å². The Morgan fingerprint density at radius 2 is 1.25 bits per heavy atom. The Balaban J connectivity index is 0. The smallest absolute Gasteiger partial charge is 0.127 e. The molecule has 0 unspecified atom stereocenters. The van der Waals surface area contributed by atoms with Crippen molar-refractivity contribution < 1.29 is 7.77 Å². The van der Waals surface area contributed by atoms with Crippen molar-refractivity contribution in [2.24, 2.45) is 0 Å². The number of halogens is 2. The Morgan fingerprint density at radius 3 is 1.25 bits per heavy atom. The fourth-order valence-electron chi connectivity index (χ4n) is 0. The maximum absolute atomic E-state index is 9.54. The van der Waals surface area contributed by atoms with Gasteiger partial charge < -0.3 is 0 Å². The zero-order chi connectivity index (χ0) is 2.71. The molecule has 0 bridgehead atoms. The van der Waals surface area contributed by atoms with Crippen LogP contribution in [0.4, 0.5) is 7.77 Å². The molecule has 1 radical (unpaired) electrons. The van der Waals surface area contributed by atoms with E-state index in [-0.39, 0.29) is 68.9 Å². The Labute approximate surface area is 86.7 Å². The summed E-state index contributed by atoms with van der Waals surface area (Å²) < 4.78 is 19.1. The second kappa shape index (κ2) is 8.98. The van der Waals surface area contributed by atoms with Gasteiger partial charge in [0.15, 0.2) is 0 Å². The van der Waals surface area contributed by atoms with Crippen LogP contribution in [0.5, 0.6) is 0 Å². The summed E-state index contributed by atoms with van der Waals surface area (Å²) in [6, 6.07) is 0. The molecule has 0 N–H and O–H groups in total. The largest absolute Gasteiger partial charge is 0.255 e. The van der Waals surface area contributed by atoms with Crippen LogP contribution in [0.25, 0.3) is 0 Å². The van der Waals surface area contributed by atoms with Gasteiger partial charge in [0, 0.05) is 68.9 Å². The van der Waals surface area contributed by atoms with Crippen LogP contribution in [0.3, 0.4) is 0 Å². The Hall–Kier alpha value is 2.26. The summed E-state index contributed by atoms with van der Waals surface area (Å²) in [4.78, 5) is 0. The van der Waals surface area contributed by atoms with Crippen molar-refractivity contribution in [3.05, 3.63) is 0 Å². The molecule has 0 fully saturated rings. The monoisotopic (exact) mass is 203 g/mol. The normalized spacial score (nSPS) is 4.50. The fourth-order valence-corrected chi connectivity index (χ4v) is 0. The molecule has 0 rings (SSSR count). The maximum Gasteiger partial charge on any atom is 0.255 e. The molecule has 0 amide bonds.